The van der Waals surface area contributed by atoms with Gasteiger partial charge in [-0.1, -0.05) is 24.3 Å². The predicted molar refractivity (Wildman–Crippen MR) is 69.4 cm³/mol. The molecule has 0 saturated carbocycles. The molecule has 0 bridgehead atoms. The van der Waals surface area contributed by atoms with Crippen molar-refractivity contribution in [3.8, 4) is 0 Å². The van der Waals surface area contributed by atoms with Crippen molar-refractivity contribution in [2.24, 2.45) is 10.7 Å². The lowest BCUT2D eigenvalue weighted by Crippen LogP contribution is -2.37. The van der Waals surface area contributed by atoms with Crippen LogP contribution in [0.1, 0.15) is 25.0 Å². The number of aryl methyl sites for hydroxylation is 1. The number of aliphatic imine (C=N–C) groups is 1. The lowest BCUT2D eigenvalue weighted by molar-refractivity contribution is 0.458. The van der Waals surface area contributed by atoms with Crippen LogP contribution in [0.15, 0.2) is 29.3 Å². The Labute approximate surface area is 98.0 Å². The smallest absolute Gasteiger partial charge is 0.191 e. The van der Waals surface area contributed by atoms with Crippen molar-refractivity contribution < 1.29 is 0 Å². The molecule has 0 radical (unpaired) electrons. The number of nitrogens with zero attached hydrogens (tertiary/aromatic N) is 2. The van der Waals surface area contributed by atoms with Crippen LogP contribution in [0.3, 0.4) is 0 Å². The molecule has 0 heterocycles. The van der Waals surface area contributed by atoms with E-state index in [1.807, 2.05) is 12.1 Å². The number of hydrogen-bond acceptors (Lipinski definition) is 1. The van der Waals surface area contributed by atoms with Crippen molar-refractivity contribution in [1.82, 2.24) is 4.90 Å². The summed E-state index contributed by atoms with van der Waals surface area (Å²) in [5.74, 6) is 0.633. The van der Waals surface area contributed by atoms with E-state index in [0.717, 1.165) is 13.1 Å². The van der Waals surface area contributed by atoms with Gasteiger partial charge < -0.3 is 10.6 Å². The summed E-state index contributed by atoms with van der Waals surface area (Å²) in [6.45, 7) is 8.73. The van der Waals surface area contributed by atoms with Gasteiger partial charge in [-0.15, -0.1) is 0 Å². The van der Waals surface area contributed by atoms with Crippen LogP contribution in [0.25, 0.3) is 0 Å². The zero-order chi connectivity index (χ0) is 12.0. The monoisotopic (exact) mass is 219 g/mol. The first kappa shape index (κ1) is 12.6. The van der Waals surface area contributed by atoms with E-state index in [1.165, 1.54) is 11.1 Å². The number of nitrogens with two attached hydrogens (primary N) is 1. The molecule has 3 heteroatoms. The zero-order valence-corrected chi connectivity index (χ0v) is 10.4. The average molecular weight is 219 g/mol. The van der Waals surface area contributed by atoms with Gasteiger partial charge in [0.1, 0.15) is 0 Å². The third-order valence-electron chi connectivity index (χ3n) is 2.76. The summed E-state index contributed by atoms with van der Waals surface area (Å²) in [6.07, 6.45) is 0. The van der Waals surface area contributed by atoms with Gasteiger partial charge in [-0.05, 0) is 31.9 Å². The molecule has 0 aliphatic carbocycles. The van der Waals surface area contributed by atoms with E-state index in [-0.39, 0.29) is 0 Å². The molecule has 0 spiro atoms. The molecule has 3 nitrogen and oxygen atoms in total. The Balaban J connectivity index is 2.69. The predicted octanol–water partition coefficient (Wildman–Crippen LogP) is 2.15. The first-order chi connectivity index (χ1) is 7.69. The molecular formula is C13H21N3. The standard InChI is InChI=1S/C13H21N3/c1-4-16(5-2)13(14)15-10-12-9-7-6-8-11(12)3/h6-9H,4-5,10H2,1-3H3,(H2,14,15). The Hall–Kier alpha value is -1.51. The molecule has 0 fully saturated rings. The Morgan fingerprint density at radius 2 is 1.88 bits per heavy atom. The molecule has 2 N–H and O–H groups in total. The highest BCUT2D eigenvalue weighted by Gasteiger charge is 2.02. The molecule has 0 unspecified atom stereocenters. The van der Waals surface area contributed by atoms with Crippen LogP contribution in [-0.4, -0.2) is 23.9 Å². The van der Waals surface area contributed by atoms with Gasteiger partial charge in [0.2, 0.25) is 0 Å². The third-order valence-corrected chi connectivity index (χ3v) is 2.76. The Kier molecular flexibility index (Phi) is 4.83. The Morgan fingerprint density at radius 1 is 1.25 bits per heavy atom. The number of benzene rings is 1. The first-order valence-corrected chi connectivity index (χ1v) is 5.78. The van der Waals surface area contributed by atoms with E-state index in [4.69, 9.17) is 5.73 Å². The fourth-order valence-corrected chi connectivity index (χ4v) is 1.60. The molecule has 88 valence electrons. The number of guanidine groups is 1. The van der Waals surface area contributed by atoms with Crippen LogP contribution in [-0.2, 0) is 6.54 Å². The highest BCUT2D eigenvalue weighted by atomic mass is 15.2. The van der Waals surface area contributed by atoms with Gasteiger partial charge in [-0.3, -0.25) is 0 Å². The topological polar surface area (TPSA) is 41.6 Å². The second-order valence-corrected chi connectivity index (χ2v) is 3.77. The van der Waals surface area contributed by atoms with Gasteiger partial charge >= 0.3 is 0 Å². The molecule has 0 amide bonds. The maximum atomic E-state index is 5.91. The van der Waals surface area contributed by atoms with E-state index in [1.54, 1.807) is 0 Å². The van der Waals surface area contributed by atoms with Crippen LogP contribution >= 0.6 is 0 Å². The minimum atomic E-state index is 0.633. The second kappa shape index (κ2) is 6.16. The summed E-state index contributed by atoms with van der Waals surface area (Å²) >= 11 is 0. The summed E-state index contributed by atoms with van der Waals surface area (Å²) in [7, 11) is 0. The molecular weight excluding hydrogens is 198 g/mol. The Morgan fingerprint density at radius 3 is 2.44 bits per heavy atom. The summed E-state index contributed by atoms with van der Waals surface area (Å²) in [5, 5.41) is 0. The van der Waals surface area contributed by atoms with Gasteiger partial charge in [0.15, 0.2) is 5.96 Å². The van der Waals surface area contributed by atoms with Crippen LogP contribution in [0.2, 0.25) is 0 Å². The largest absolute Gasteiger partial charge is 0.370 e. The van der Waals surface area contributed by atoms with Crippen LogP contribution in [0.4, 0.5) is 0 Å². The first-order valence-electron chi connectivity index (χ1n) is 5.78. The molecule has 16 heavy (non-hydrogen) atoms. The normalized spacial score (nSPS) is 11.6. The van der Waals surface area contributed by atoms with E-state index in [0.29, 0.717) is 12.5 Å². The van der Waals surface area contributed by atoms with E-state index < -0.39 is 0 Å². The van der Waals surface area contributed by atoms with Gasteiger partial charge in [-0.2, -0.15) is 0 Å². The third kappa shape index (κ3) is 3.26. The van der Waals surface area contributed by atoms with E-state index in [2.05, 4.69) is 42.8 Å². The van der Waals surface area contributed by atoms with Crippen molar-refractivity contribution in [3.05, 3.63) is 35.4 Å². The van der Waals surface area contributed by atoms with Crippen molar-refractivity contribution in [2.75, 3.05) is 13.1 Å². The SMILES string of the molecule is CCN(CC)C(N)=NCc1ccccc1C. The zero-order valence-electron chi connectivity index (χ0n) is 10.4. The van der Waals surface area contributed by atoms with E-state index >= 15 is 0 Å². The molecule has 0 aromatic heterocycles. The van der Waals surface area contributed by atoms with Gasteiger partial charge in [0.25, 0.3) is 0 Å². The fraction of sp³-hybridized carbons (Fsp3) is 0.462. The second-order valence-electron chi connectivity index (χ2n) is 3.77. The molecule has 1 aromatic rings. The molecule has 0 atom stereocenters. The van der Waals surface area contributed by atoms with Crippen LogP contribution in [0.5, 0.6) is 0 Å². The van der Waals surface area contributed by atoms with Crippen molar-refractivity contribution in [2.45, 2.75) is 27.3 Å². The molecule has 0 saturated heterocycles. The summed E-state index contributed by atoms with van der Waals surface area (Å²) in [5.41, 5.74) is 8.41. The van der Waals surface area contributed by atoms with Crippen LogP contribution in [0, 0.1) is 6.92 Å². The lowest BCUT2D eigenvalue weighted by Gasteiger charge is -2.19. The molecule has 0 aliphatic heterocycles. The molecule has 0 aliphatic rings. The Bertz CT molecular complexity index is 354. The van der Waals surface area contributed by atoms with Crippen molar-refractivity contribution >= 4 is 5.96 Å². The lowest BCUT2D eigenvalue weighted by atomic mass is 10.1. The summed E-state index contributed by atoms with van der Waals surface area (Å²) in [4.78, 5) is 6.47. The van der Waals surface area contributed by atoms with Gasteiger partial charge in [0, 0.05) is 13.1 Å². The highest BCUT2D eigenvalue weighted by Crippen LogP contribution is 2.08. The number of hydrogen-bond donors (Lipinski definition) is 1. The average Bonchev–Trinajstić information content (AvgIpc) is 2.29. The maximum absolute atomic E-state index is 5.91. The summed E-state index contributed by atoms with van der Waals surface area (Å²) < 4.78 is 0. The fourth-order valence-electron chi connectivity index (χ4n) is 1.60. The minimum Gasteiger partial charge on any atom is -0.370 e. The highest BCUT2D eigenvalue weighted by molar-refractivity contribution is 5.78. The quantitative estimate of drug-likeness (QED) is 0.623. The van der Waals surface area contributed by atoms with Gasteiger partial charge in [0.05, 0.1) is 6.54 Å². The maximum Gasteiger partial charge on any atom is 0.191 e. The molecule has 1 rings (SSSR count). The van der Waals surface area contributed by atoms with Crippen molar-refractivity contribution in [1.29, 1.82) is 0 Å². The molecule has 1 aromatic carbocycles. The summed E-state index contributed by atoms with van der Waals surface area (Å²) in [6, 6.07) is 8.26. The van der Waals surface area contributed by atoms with E-state index in [9.17, 15) is 0 Å². The number of rotatable bonds is 4. The minimum absolute atomic E-state index is 0.633. The van der Waals surface area contributed by atoms with Crippen molar-refractivity contribution in [3.63, 3.8) is 0 Å². The van der Waals surface area contributed by atoms with Gasteiger partial charge in [-0.25, -0.2) is 4.99 Å². The van der Waals surface area contributed by atoms with Crippen LogP contribution < -0.4 is 5.73 Å².